The predicted octanol–water partition coefficient (Wildman–Crippen LogP) is 7.12. The van der Waals surface area contributed by atoms with Crippen molar-refractivity contribution in [3.05, 3.63) is 95.1 Å². The topological polar surface area (TPSA) is 123 Å². The molecule has 4 aromatic carbocycles. The van der Waals surface area contributed by atoms with Crippen molar-refractivity contribution in [3.8, 4) is 45.6 Å². The fourth-order valence-electron chi connectivity index (χ4n) is 5.74. The Labute approximate surface area is 282 Å². The SMILES string of the molecule is Fc1cc2c3nc4nc(nc5[n-]c(nc6nc(nc([n-]3)c2cc1F)-c1c(F)ccc(F)c1-6)c1cc(F)c(F)cc51)-c1c(F)ccc(F)c1-4.[O]=[Ti+2]. The van der Waals surface area contributed by atoms with Gasteiger partial charge >= 0.3 is 23.7 Å². The molecule has 18 heteroatoms. The maximum absolute atomic E-state index is 15.3. The van der Waals surface area contributed by atoms with Crippen LogP contribution in [0.5, 0.6) is 0 Å². The van der Waals surface area contributed by atoms with Gasteiger partial charge in [0.1, 0.15) is 23.3 Å². The molecule has 0 spiro atoms. The molecule has 7 aromatic rings. The van der Waals surface area contributed by atoms with E-state index in [2.05, 4.69) is 39.9 Å². The van der Waals surface area contributed by atoms with E-state index < -0.39 is 92.1 Å². The Morgan fingerprint density at radius 2 is 0.580 bits per heavy atom. The Bertz CT molecular complexity index is 2460. The van der Waals surface area contributed by atoms with E-state index in [9.17, 15) is 17.6 Å². The number of halogens is 8. The van der Waals surface area contributed by atoms with Crippen LogP contribution >= 0.6 is 0 Å². The normalized spacial score (nSPS) is 11.8. The molecule has 0 amide bonds. The van der Waals surface area contributed by atoms with E-state index in [1.807, 2.05) is 0 Å². The number of aromatic nitrogens is 8. The Hall–Kier alpha value is -5.81. The molecule has 0 saturated carbocycles. The number of hydrogen-bond acceptors (Lipinski definition) is 7. The van der Waals surface area contributed by atoms with Gasteiger partial charge in [0.15, 0.2) is 23.3 Å². The summed E-state index contributed by atoms with van der Waals surface area (Å²) in [5.74, 6) is -11.2. The van der Waals surface area contributed by atoms with E-state index in [1.165, 1.54) is 0 Å². The number of hydrogen-bond donors (Lipinski definition) is 0. The van der Waals surface area contributed by atoms with Crippen molar-refractivity contribution >= 4 is 44.1 Å². The van der Waals surface area contributed by atoms with Crippen LogP contribution in [0.25, 0.3) is 89.7 Å². The van der Waals surface area contributed by atoms with Gasteiger partial charge in [-0.3, -0.25) is 0 Å². The molecule has 0 atom stereocenters. The fraction of sp³-hybridized carbons (Fsp3) is 0. The molecule has 242 valence electrons. The first-order chi connectivity index (χ1) is 24.0. The second-order valence-corrected chi connectivity index (χ2v) is 10.7. The molecule has 0 radical (unpaired) electrons. The monoisotopic (exact) mass is 720 g/mol. The molecule has 9 nitrogen and oxygen atoms in total. The van der Waals surface area contributed by atoms with Gasteiger partial charge in [-0.25, -0.2) is 45.1 Å². The van der Waals surface area contributed by atoms with Crippen molar-refractivity contribution in [2.24, 2.45) is 0 Å². The van der Waals surface area contributed by atoms with Crippen molar-refractivity contribution in [1.29, 1.82) is 0 Å². The maximum atomic E-state index is 15.3. The standard InChI is InChI=1S/C32H8F8N8.O.Ti/c33-13-1-2-14(34)22-21(13)29-43-25-9-5-17(37)18(38)6-10(9)27(41-25)45-31-23-15(35)3-4-16(36)24(23)32(48-31)46-28-12-8-20(40)19(39)7-11(12)26(42-28)44-30(22)47-29;;/h1-8H;;/q-2;;+2. The van der Waals surface area contributed by atoms with E-state index in [1.54, 1.807) is 0 Å². The second-order valence-electron chi connectivity index (χ2n) is 10.7. The van der Waals surface area contributed by atoms with Gasteiger partial charge in [0.25, 0.3) is 0 Å². The van der Waals surface area contributed by atoms with Gasteiger partial charge in [0.2, 0.25) is 0 Å². The van der Waals surface area contributed by atoms with Gasteiger partial charge in [-0.2, -0.15) is 0 Å². The van der Waals surface area contributed by atoms with Gasteiger partial charge in [-0.05, 0) is 70.1 Å². The van der Waals surface area contributed by atoms with Gasteiger partial charge in [0, 0.05) is 22.6 Å². The van der Waals surface area contributed by atoms with E-state index in [4.69, 9.17) is 3.32 Å². The molecular weight excluding hydrogens is 712 g/mol. The third kappa shape index (κ3) is 4.64. The van der Waals surface area contributed by atoms with Crippen molar-refractivity contribution in [2.45, 2.75) is 0 Å². The molecule has 9 rings (SSSR count). The van der Waals surface area contributed by atoms with Crippen LogP contribution < -0.4 is 9.97 Å². The Morgan fingerprint density at radius 3 is 0.800 bits per heavy atom. The van der Waals surface area contributed by atoms with Crippen LogP contribution in [-0.2, 0) is 23.7 Å². The molecular formula is C32H8F8N8OTi. The van der Waals surface area contributed by atoms with Crippen LogP contribution in [0.4, 0.5) is 35.1 Å². The first kappa shape index (κ1) is 31.5. The molecule has 0 aliphatic carbocycles. The molecule has 0 unspecified atom stereocenters. The first-order valence-corrected chi connectivity index (χ1v) is 14.6. The van der Waals surface area contributed by atoms with Crippen molar-refractivity contribution < 1.29 is 58.9 Å². The van der Waals surface area contributed by atoms with Gasteiger partial charge < -0.3 is 29.9 Å². The van der Waals surface area contributed by atoms with Gasteiger partial charge in [-0.15, -0.1) is 0 Å². The molecule has 0 saturated heterocycles. The molecule has 0 fully saturated rings. The van der Waals surface area contributed by atoms with Crippen molar-refractivity contribution in [3.63, 3.8) is 0 Å². The van der Waals surface area contributed by atoms with Crippen LogP contribution in [0, 0.1) is 46.5 Å². The fourth-order valence-corrected chi connectivity index (χ4v) is 5.74. The quantitative estimate of drug-likeness (QED) is 0.119. The molecule has 2 aliphatic heterocycles. The summed E-state index contributed by atoms with van der Waals surface area (Å²) in [6.45, 7) is 0. The second kappa shape index (κ2) is 11.4. The van der Waals surface area contributed by atoms with Gasteiger partial charge in [0.05, 0.1) is 45.6 Å². The van der Waals surface area contributed by atoms with Crippen LogP contribution in [0.2, 0.25) is 0 Å². The van der Waals surface area contributed by atoms with E-state index in [0.717, 1.165) is 68.9 Å². The Kier molecular flexibility index (Phi) is 7.16. The molecule has 5 heterocycles. The predicted molar refractivity (Wildman–Crippen MR) is 154 cm³/mol. The summed E-state index contributed by atoms with van der Waals surface area (Å²) in [4.78, 5) is 33.8. The molecule has 50 heavy (non-hydrogen) atoms. The molecule has 2 aliphatic rings. The summed E-state index contributed by atoms with van der Waals surface area (Å²) < 4.78 is 127. The zero-order valence-electron chi connectivity index (χ0n) is 24.1. The minimum absolute atomic E-state index is 0.152. The summed E-state index contributed by atoms with van der Waals surface area (Å²) in [7, 11) is 0. The number of nitrogens with zero attached hydrogens (tertiary/aromatic N) is 8. The van der Waals surface area contributed by atoms with Crippen LogP contribution in [0.3, 0.4) is 0 Å². The number of benzene rings is 4. The summed E-state index contributed by atoms with van der Waals surface area (Å²) in [6, 6.07) is 6.18. The van der Waals surface area contributed by atoms with E-state index in [0.29, 0.717) is 0 Å². The van der Waals surface area contributed by atoms with E-state index >= 15 is 17.6 Å². The first-order valence-electron chi connectivity index (χ1n) is 13.9. The van der Waals surface area contributed by atoms with Crippen molar-refractivity contribution in [2.75, 3.05) is 0 Å². The summed E-state index contributed by atoms with van der Waals surface area (Å²) in [5.41, 5.74) is -3.42. The summed E-state index contributed by atoms with van der Waals surface area (Å²) >= 11 is 0.750. The zero-order chi connectivity index (χ0) is 35.2. The third-order valence-corrected chi connectivity index (χ3v) is 7.88. The van der Waals surface area contributed by atoms with Crippen molar-refractivity contribution in [1.82, 2.24) is 39.9 Å². The number of rotatable bonds is 0. The summed E-state index contributed by atoms with van der Waals surface area (Å²) in [6.07, 6.45) is 0. The average molecular weight is 720 g/mol. The van der Waals surface area contributed by atoms with E-state index in [-0.39, 0.29) is 44.1 Å². The molecule has 8 bridgehead atoms. The molecule has 0 N–H and O–H groups in total. The molecule has 3 aromatic heterocycles. The number of fused-ring (bicyclic) bond motifs is 20. The van der Waals surface area contributed by atoms with Crippen LogP contribution in [0.1, 0.15) is 0 Å². The van der Waals surface area contributed by atoms with Crippen LogP contribution in [-0.4, -0.2) is 29.9 Å². The van der Waals surface area contributed by atoms with Gasteiger partial charge in [-0.1, -0.05) is 0 Å². The average Bonchev–Trinajstić information content (AvgIpc) is 3.82. The minimum atomic E-state index is -1.31. The Balaban J connectivity index is 0.00000177. The zero-order valence-corrected chi connectivity index (χ0v) is 25.7. The van der Waals surface area contributed by atoms with Crippen LogP contribution in [0.15, 0.2) is 48.5 Å². The summed E-state index contributed by atoms with van der Waals surface area (Å²) in [5, 5.41) is -0.606. The Morgan fingerprint density at radius 1 is 0.360 bits per heavy atom. The third-order valence-electron chi connectivity index (χ3n) is 7.88.